The molecule has 2 aliphatic rings. The van der Waals surface area contributed by atoms with Gasteiger partial charge in [-0.05, 0) is 69.3 Å². The topological polar surface area (TPSA) is 25.2 Å². The Kier molecular flexibility index (Phi) is 3.53. The Morgan fingerprint density at radius 1 is 1.18 bits per heavy atom. The maximum Gasteiger partial charge on any atom is 0.166 e. The van der Waals surface area contributed by atoms with Crippen molar-refractivity contribution in [2.75, 3.05) is 20.1 Å². The summed E-state index contributed by atoms with van der Waals surface area (Å²) < 4.78 is 2.30. The number of fused-ring (bicyclic) bond motifs is 1. The zero-order valence-corrected chi connectivity index (χ0v) is 13.3. The van der Waals surface area contributed by atoms with E-state index in [1.54, 1.807) is 0 Å². The van der Waals surface area contributed by atoms with Crippen LogP contribution in [-0.4, -0.2) is 35.9 Å². The minimum absolute atomic E-state index is 0.632. The van der Waals surface area contributed by atoms with Gasteiger partial charge in [-0.25, -0.2) is 0 Å². The molecule has 4 rings (SSSR count). The molecule has 1 saturated carbocycles. The molecule has 2 aromatic rings. The van der Waals surface area contributed by atoms with Crippen molar-refractivity contribution in [2.45, 2.75) is 38.1 Å². The molecule has 1 aromatic heterocycles. The molecule has 0 atom stereocenters. The SMILES string of the molecule is CN1CCC(c2cccc3cc(C=O)n(CC4CC4)c23)CC1. The fourth-order valence-corrected chi connectivity index (χ4v) is 3.88. The standard InChI is InChI=1S/C19H24N2O/c1-20-9-7-15(8-10-20)18-4-2-3-16-11-17(13-22)21(19(16)18)12-14-5-6-14/h2-4,11,13-15H,5-10,12H2,1H3. The molecule has 0 spiro atoms. The van der Waals surface area contributed by atoms with Crippen LogP contribution in [0.5, 0.6) is 0 Å². The summed E-state index contributed by atoms with van der Waals surface area (Å²) in [5.74, 6) is 1.41. The number of hydrogen-bond acceptors (Lipinski definition) is 2. The average Bonchev–Trinajstić information content (AvgIpc) is 3.28. The molecule has 2 fully saturated rings. The smallest absolute Gasteiger partial charge is 0.166 e. The Hall–Kier alpha value is -1.61. The van der Waals surface area contributed by atoms with Crippen molar-refractivity contribution >= 4 is 17.2 Å². The zero-order valence-electron chi connectivity index (χ0n) is 13.3. The van der Waals surface area contributed by atoms with E-state index < -0.39 is 0 Å². The molecule has 1 aliphatic heterocycles. The number of likely N-dealkylation sites (tertiary alicyclic amines) is 1. The van der Waals surface area contributed by atoms with E-state index in [-0.39, 0.29) is 0 Å². The van der Waals surface area contributed by atoms with Gasteiger partial charge in [-0.15, -0.1) is 0 Å². The normalized spacial score (nSPS) is 20.6. The number of benzene rings is 1. The molecule has 2 heterocycles. The lowest BCUT2D eigenvalue weighted by Crippen LogP contribution is -2.29. The lowest BCUT2D eigenvalue weighted by molar-refractivity contribution is 0.111. The number of hydrogen-bond donors (Lipinski definition) is 0. The molecule has 1 saturated heterocycles. The van der Waals surface area contributed by atoms with E-state index in [9.17, 15) is 4.79 Å². The molecule has 116 valence electrons. The molecule has 22 heavy (non-hydrogen) atoms. The Labute approximate surface area is 131 Å². The molecule has 0 unspecified atom stereocenters. The van der Waals surface area contributed by atoms with Crippen molar-refractivity contribution in [3.63, 3.8) is 0 Å². The van der Waals surface area contributed by atoms with Crippen LogP contribution >= 0.6 is 0 Å². The van der Waals surface area contributed by atoms with E-state index in [1.807, 2.05) is 0 Å². The fourth-order valence-electron chi connectivity index (χ4n) is 3.88. The Morgan fingerprint density at radius 3 is 2.64 bits per heavy atom. The molecule has 1 aliphatic carbocycles. The van der Waals surface area contributed by atoms with Crippen LogP contribution in [0.2, 0.25) is 0 Å². The maximum atomic E-state index is 11.5. The molecular formula is C19H24N2O. The summed E-state index contributed by atoms with van der Waals surface area (Å²) in [6, 6.07) is 8.68. The van der Waals surface area contributed by atoms with Crippen molar-refractivity contribution in [3.05, 3.63) is 35.5 Å². The van der Waals surface area contributed by atoms with E-state index in [2.05, 4.69) is 40.8 Å². The number of rotatable bonds is 4. The highest BCUT2D eigenvalue weighted by atomic mass is 16.1. The second-order valence-electron chi connectivity index (χ2n) is 7.10. The molecule has 3 nitrogen and oxygen atoms in total. The van der Waals surface area contributed by atoms with Crippen LogP contribution < -0.4 is 0 Å². The summed E-state index contributed by atoms with van der Waals surface area (Å²) in [6.45, 7) is 3.36. The Morgan fingerprint density at radius 2 is 1.95 bits per heavy atom. The first-order valence-electron chi connectivity index (χ1n) is 8.52. The van der Waals surface area contributed by atoms with Crippen LogP contribution in [0.25, 0.3) is 10.9 Å². The second kappa shape index (κ2) is 5.54. The van der Waals surface area contributed by atoms with Gasteiger partial charge in [-0.1, -0.05) is 18.2 Å². The van der Waals surface area contributed by atoms with Crippen molar-refractivity contribution < 1.29 is 4.79 Å². The van der Waals surface area contributed by atoms with Gasteiger partial charge in [-0.3, -0.25) is 4.79 Å². The van der Waals surface area contributed by atoms with Crippen LogP contribution in [0.3, 0.4) is 0 Å². The van der Waals surface area contributed by atoms with Crippen LogP contribution in [0.4, 0.5) is 0 Å². The van der Waals surface area contributed by atoms with Crippen molar-refractivity contribution in [1.29, 1.82) is 0 Å². The molecule has 1 aromatic carbocycles. The summed E-state index contributed by atoms with van der Waals surface area (Å²) >= 11 is 0. The minimum Gasteiger partial charge on any atom is -0.338 e. The number of aromatic nitrogens is 1. The summed E-state index contributed by atoms with van der Waals surface area (Å²) in [7, 11) is 2.21. The van der Waals surface area contributed by atoms with Gasteiger partial charge in [0.1, 0.15) is 0 Å². The van der Waals surface area contributed by atoms with Crippen molar-refractivity contribution in [1.82, 2.24) is 9.47 Å². The average molecular weight is 296 g/mol. The van der Waals surface area contributed by atoms with E-state index in [0.29, 0.717) is 5.92 Å². The summed E-state index contributed by atoms with van der Waals surface area (Å²) in [4.78, 5) is 13.9. The van der Waals surface area contributed by atoms with E-state index in [0.717, 1.165) is 24.4 Å². The van der Waals surface area contributed by atoms with Gasteiger partial charge in [0.2, 0.25) is 0 Å². The second-order valence-corrected chi connectivity index (χ2v) is 7.10. The quantitative estimate of drug-likeness (QED) is 0.804. The number of carbonyl (C=O) groups excluding carboxylic acids is 1. The summed E-state index contributed by atoms with van der Waals surface area (Å²) in [5.41, 5.74) is 3.63. The number of piperidine rings is 1. The van der Waals surface area contributed by atoms with Crippen LogP contribution in [0, 0.1) is 5.92 Å². The number of nitrogens with zero attached hydrogens (tertiary/aromatic N) is 2. The van der Waals surface area contributed by atoms with Gasteiger partial charge < -0.3 is 9.47 Å². The zero-order chi connectivity index (χ0) is 15.1. The highest BCUT2D eigenvalue weighted by molar-refractivity contribution is 5.91. The largest absolute Gasteiger partial charge is 0.338 e. The van der Waals surface area contributed by atoms with Crippen LogP contribution in [0.15, 0.2) is 24.3 Å². The molecule has 3 heteroatoms. The molecule has 0 radical (unpaired) electrons. The van der Waals surface area contributed by atoms with Crippen molar-refractivity contribution in [2.24, 2.45) is 5.92 Å². The van der Waals surface area contributed by atoms with E-state index in [4.69, 9.17) is 0 Å². The lowest BCUT2D eigenvalue weighted by atomic mass is 9.88. The van der Waals surface area contributed by atoms with Gasteiger partial charge in [0.25, 0.3) is 0 Å². The van der Waals surface area contributed by atoms with Crippen LogP contribution in [0.1, 0.15) is 47.7 Å². The summed E-state index contributed by atoms with van der Waals surface area (Å²) in [5, 5.41) is 1.24. The number of carbonyl (C=O) groups is 1. The highest BCUT2D eigenvalue weighted by Gasteiger charge is 2.26. The Balaban J connectivity index is 1.79. The number of para-hydroxylation sites is 1. The van der Waals surface area contributed by atoms with E-state index >= 15 is 0 Å². The van der Waals surface area contributed by atoms with Gasteiger partial charge in [0.15, 0.2) is 6.29 Å². The maximum absolute atomic E-state index is 11.5. The predicted octanol–water partition coefficient (Wildman–Crippen LogP) is 3.67. The third kappa shape index (κ3) is 2.48. The van der Waals surface area contributed by atoms with Gasteiger partial charge in [0.05, 0.1) is 11.2 Å². The van der Waals surface area contributed by atoms with Crippen LogP contribution in [-0.2, 0) is 6.54 Å². The lowest BCUT2D eigenvalue weighted by Gasteiger charge is -2.30. The highest BCUT2D eigenvalue weighted by Crippen LogP contribution is 2.37. The van der Waals surface area contributed by atoms with Gasteiger partial charge >= 0.3 is 0 Å². The Bertz CT molecular complexity index is 691. The molecule has 0 bridgehead atoms. The van der Waals surface area contributed by atoms with Gasteiger partial charge in [-0.2, -0.15) is 0 Å². The molecule has 0 N–H and O–H groups in total. The first-order chi connectivity index (χ1) is 10.8. The minimum atomic E-state index is 0.632. The first-order valence-corrected chi connectivity index (χ1v) is 8.52. The van der Waals surface area contributed by atoms with Crippen molar-refractivity contribution in [3.8, 4) is 0 Å². The summed E-state index contributed by atoms with van der Waals surface area (Å²) in [6.07, 6.45) is 6.10. The first kappa shape index (κ1) is 14.0. The monoisotopic (exact) mass is 296 g/mol. The third-order valence-corrected chi connectivity index (χ3v) is 5.40. The van der Waals surface area contributed by atoms with E-state index in [1.165, 1.54) is 55.2 Å². The van der Waals surface area contributed by atoms with Gasteiger partial charge in [0, 0.05) is 11.9 Å². The number of aldehydes is 1. The predicted molar refractivity (Wildman–Crippen MR) is 89.5 cm³/mol. The third-order valence-electron chi connectivity index (χ3n) is 5.40. The fraction of sp³-hybridized carbons (Fsp3) is 0.526. The molecular weight excluding hydrogens is 272 g/mol. The molecule has 0 amide bonds.